The second kappa shape index (κ2) is 3.51. The molecule has 15 heavy (non-hydrogen) atoms. The Bertz CT molecular complexity index is 346. The van der Waals surface area contributed by atoms with Crippen LogP contribution in [0.15, 0.2) is 24.3 Å². The molecule has 0 N–H and O–H groups in total. The molecule has 0 bridgehead atoms. The zero-order valence-corrected chi connectivity index (χ0v) is 8.68. The summed E-state index contributed by atoms with van der Waals surface area (Å²) in [5, 5.41) is 0. The highest BCUT2D eigenvalue weighted by Crippen LogP contribution is 2.39. The van der Waals surface area contributed by atoms with Gasteiger partial charge in [0, 0.05) is 6.42 Å². The Morgan fingerprint density at radius 1 is 1.20 bits per heavy atom. The van der Waals surface area contributed by atoms with Crippen molar-refractivity contribution in [2.75, 3.05) is 13.7 Å². The topological polar surface area (TPSA) is 31.0 Å². The molecule has 0 radical (unpaired) electrons. The molecule has 0 aromatic heterocycles. The van der Waals surface area contributed by atoms with Crippen molar-refractivity contribution in [2.24, 2.45) is 0 Å². The molecule has 0 amide bonds. The van der Waals surface area contributed by atoms with Crippen LogP contribution in [-0.4, -0.2) is 25.9 Å². The minimum Gasteiger partial charge on any atom is -0.497 e. The summed E-state index contributed by atoms with van der Waals surface area (Å²) in [6.45, 7) is 0.737. The number of epoxide rings is 1. The van der Waals surface area contributed by atoms with Crippen molar-refractivity contribution in [2.45, 2.75) is 24.7 Å². The van der Waals surface area contributed by atoms with E-state index in [1.807, 2.05) is 12.1 Å². The van der Waals surface area contributed by atoms with Gasteiger partial charge >= 0.3 is 0 Å². The first-order chi connectivity index (χ1) is 7.36. The van der Waals surface area contributed by atoms with Gasteiger partial charge in [-0.1, -0.05) is 12.1 Å². The number of rotatable bonds is 2. The van der Waals surface area contributed by atoms with Crippen molar-refractivity contribution < 1.29 is 14.2 Å². The summed E-state index contributed by atoms with van der Waals surface area (Å²) in [6.07, 6.45) is 1.99. The van der Waals surface area contributed by atoms with E-state index in [4.69, 9.17) is 14.2 Å². The van der Waals surface area contributed by atoms with E-state index < -0.39 is 0 Å². The molecule has 0 spiro atoms. The first-order valence-corrected chi connectivity index (χ1v) is 5.28. The minimum absolute atomic E-state index is 0.194. The zero-order valence-electron chi connectivity index (χ0n) is 8.68. The molecular weight excluding hydrogens is 192 g/mol. The van der Waals surface area contributed by atoms with Crippen molar-refractivity contribution in [3.8, 4) is 5.75 Å². The maximum absolute atomic E-state index is 5.73. The average molecular weight is 206 g/mol. The molecule has 1 aromatic rings. The molecule has 0 aliphatic carbocycles. The van der Waals surface area contributed by atoms with Crippen LogP contribution in [0.25, 0.3) is 0 Å². The van der Waals surface area contributed by atoms with Crippen LogP contribution < -0.4 is 4.74 Å². The Morgan fingerprint density at radius 3 is 2.67 bits per heavy atom. The Labute approximate surface area is 89.0 Å². The largest absolute Gasteiger partial charge is 0.497 e. The predicted molar refractivity (Wildman–Crippen MR) is 55.0 cm³/mol. The predicted octanol–water partition coefficient (Wildman–Crippen LogP) is 1.92. The number of ether oxygens (including phenoxy) is 3. The lowest BCUT2D eigenvalue weighted by molar-refractivity contribution is 0.0289. The molecule has 1 aromatic carbocycles. The number of fused-ring (bicyclic) bond motifs is 1. The van der Waals surface area contributed by atoms with Crippen LogP contribution in [0.4, 0.5) is 0 Å². The lowest BCUT2D eigenvalue weighted by atomic mass is 10.0. The summed E-state index contributed by atoms with van der Waals surface area (Å²) in [4.78, 5) is 0. The third-order valence-corrected chi connectivity index (χ3v) is 3.08. The first-order valence-electron chi connectivity index (χ1n) is 5.28. The Morgan fingerprint density at radius 2 is 2.00 bits per heavy atom. The maximum atomic E-state index is 5.73. The van der Waals surface area contributed by atoms with E-state index in [0.29, 0.717) is 12.2 Å². The summed E-state index contributed by atoms with van der Waals surface area (Å²) in [5.74, 6) is 0.884. The Kier molecular flexibility index (Phi) is 2.15. The fourth-order valence-electron chi connectivity index (χ4n) is 2.07. The van der Waals surface area contributed by atoms with E-state index in [2.05, 4.69) is 12.1 Å². The van der Waals surface area contributed by atoms with Crippen LogP contribution in [0, 0.1) is 0 Å². The molecule has 0 saturated carbocycles. The summed E-state index contributed by atoms with van der Waals surface area (Å²) in [5.41, 5.74) is 1.21. The molecule has 2 heterocycles. The van der Waals surface area contributed by atoms with Gasteiger partial charge in [-0.25, -0.2) is 0 Å². The highest BCUT2D eigenvalue weighted by atomic mass is 16.6. The van der Waals surface area contributed by atoms with E-state index in [9.17, 15) is 0 Å². The maximum Gasteiger partial charge on any atom is 0.118 e. The van der Waals surface area contributed by atoms with Gasteiger partial charge in [-0.15, -0.1) is 0 Å². The van der Waals surface area contributed by atoms with Gasteiger partial charge < -0.3 is 14.2 Å². The fourth-order valence-corrected chi connectivity index (χ4v) is 2.07. The second-order valence-electron chi connectivity index (χ2n) is 4.04. The fraction of sp³-hybridized carbons (Fsp3) is 0.500. The lowest BCUT2D eigenvalue weighted by Gasteiger charge is -2.20. The van der Waals surface area contributed by atoms with Crippen molar-refractivity contribution in [3.63, 3.8) is 0 Å². The van der Waals surface area contributed by atoms with Crippen molar-refractivity contribution >= 4 is 0 Å². The van der Waals surface area contributed by atoms with E-state index >= 15 is 0 Å². The van der Waals surface area contributed by atoms with Crippen molar-refractivity contribution in [1.29, 1.82) is 0 Å². The number of benzene rings is 1. The quantitative estimate of drug-likeness (QED) is 0.693. The standard InChI is InChI=1S/C12H14O3/c1-13-9-4-2-8(3-5-9)10-6-11-12(15-11)7-14-10/h2-5,10-12H,6-7H2,1H3/t10-,11+,12-/m0/s1. The third kappa shape index (κ3) is 1.73. The van der Waals surface area contributed by atoms with Crippen LogP contribution in [0.5, 0.6) is 5.75 Å². The third-order valence-electron chi connectivity index (χ3n) is 3.08. The van der Waals surface area contributed by atoms with E-state index in [1.54, 1.807) is 7.11 Å². The molecule has 2 fully saturated rings. The number of hydrogen-bond acceptors (Lipinski definition) is 3. The van der Waals surface area contributed by atoms with Gasteiger partial charge in [-0.3, -0.25) is 0 Å². The minimum atomic E-state index is 0.194. The second-order valence-corrected chi connectivity index (χ2v) is 4.04. The SMILES string of the molecule is COc1ccc([C@@H]2C[C@H]3O[C@H]3CO2)cc1. The van der Waals surface area contributed by atoms with E-state index in [0.717, 1.165) is 18.8 Å². The molecule has 3 rings (SSSR count). The van der Waals surface area contributed by atoms with E-state index in [-0.39, 0.29) is 6.10 Å². The normalized spacial score (nSPS) is 33.3. The highest BCUT2D eigenvalue weighted by molar-refractivity contribution is 5.29. The van der Waals surface area contributed by atoms with Crippen LogP contribution >= 0.6 is 0 Å². The van der Waals surface area contributed by atoms with Gasteiger partial charge in [0.15, 0.2) is 0 Å². The van der Waals surface area contributed by atoms with Crippen molar-refractivity contribution in [3.05, 3.63) is 29.8 Å². The van der Waals surface area contributed by atoms with Gasteiger partial charge in [0.05, 0.1) is 25.9 Å². The summed E-state index contributed by atoms with van der Waals surface area (Å²) < 4.78 is 16.3. The first kappa shape index (κ1) is 9.19. The van der Waals surface area contributed by atoms with Crippen LogP contribution in [-0.2, 0) is 9.47 Å². The van der Waals surface area contributed by atoms with Gasteiger partial charge in [-0.2, -0.15) is 0 Å². The summed E-state index contributed by atoms with van der Waals surface area (Å²) in [6, 6.07) is 8.06. The monoisotopic (exact) mass is 206 g/mol. The molecule has 0 unspecified atom stereocenters. The van der Waals surface area contributed by atoms with Gasteiger partial charge in [0.1, 0.15) is 11.9 Å². The Balaban J connectivity index is 1.74. The lowest BCUT2D eigenvalue weighted by Crippen LogP contribution is -2.18. The molecule has 2 aliphatic rings. The molecule has 3 nitrogen and oxygen atoms in total. The molecule has 3 atom stereocenters. The Hall–Kier alpha value is -1.06. The smallest absolute Gasteiger partial charge is 0.118 e. The molecule has 2 saturated heterocycles. The molecule has 2 aliphatic heterocycles. The van der Waals surface area contributed by atoms with E-state index in [1.165, 1.54) is 5.56 Å². The summed E-state index contributed by atoms with van der Waals surface area (Å²) in [7, 11) is 1.68. The molecular formula is C12H14O3. The van der Waals surface area contributed by atoms with Crippen molar-refractivity contribution in [1.82, 2.24) is 0 Å². The summed E-state index contributed by atoms with van der Waals surface area (Å²) >= 11 is 0. The number of hydrogen-bond donors (Lipinski definition) is 0. The van der Waals surface area contributed by atoms with Gasteiger partial charge in [0.2, 0.25) is 0 Å². The zero-order chi connectivity index (χ0) is 10.3. The van der Waals surface area contributed by atoms with Gasteiger partial charge in [0.25, 0.3) is 0 Å². The number of methoxy groups -OCH3 is 1. The average Bonchev–Trinajstić information content (AvgIpc) is 3.07. The van der Waals surface area contributed by atoms with Gasteiger partial charge in [-0.05, 0) is 17.7 Å². The van der Waals surface area contributed by atoms with Crippen LogP contribution in [0.3, 0.4) is 0 Å². The molecule has 3 heteroatoms. The van der Waals surface area contributed by atoms with Crippen LogP contribution in [0.1, 0.15) is 18.1 Å². The molecule has 80 valence electrons. The van der Waals surface area contributed by atoms with Crippen LogP contribution in [0.2, 0.25) is 0 Å². The highest BCUT2D eigenvalue weighted by Gasteiger charge is 2.45.